The maximum absolute atomic E-state index is 13.4. The monoisotopic (exact) mass is 396 g/mol. The van der Waals surface area contributed by atoms with Gasteiger partial charge in [0.1, 0.15) is 5.70 Å². The highest BCUT2D eigenvalue weighted by Crippen LogP contribution is 2.38. The van der Waals surface area contributed by atoms with Crippen molar-refractivity contribution < 1.29 is 24.2 Å². The molecule has 0 bridgehead atoms. The molecule has 0 spiro atoms. The number of hydrogen-bond donors (Lipinski definition) is 1. The third-order valence-corrected chi connectivity index (χ3v) is 4.84. The molecule has 1 N–H and O–H groups in total. The zero-order chi connectivity index (χ0) is 21.1. The molecule has 0 aliphatic carbocycles. The number of anilines is 1. The van der Waals surface area contributed by atoms with E-state index in [9.17, 15) is 14.7 Å². The van der Waals surface area contributed by atoms with E-state index in [0.29, 0.717) is 28.3 Å². The number of nitrogens with zero attached hydrogens (tertiary/aromatic N) is 2. The zero-order valence-corrected chi connectivity index (χ0v) is 16.9. The number of hydrogen-bond acceptors (Lipinski definition) is 6. The van der Waals surface area contributed by atoms with Crippen molar-refractivity contribution in [1.82, 2.24) is 4.90 Å². The van der Waals surface area contributed by atoms with Crippen molar-refractivity contribution in [1.29, 1.82) is 0 Å². The lowest BCUT2D eigenvalue weighted by molar-refractivity contribution is -0.120. The summed E-state index contributed by atoms with van der Waals surface area (Å²) in [6.45, 7) is 2.04. The minimum Gasteiger partial charge on any atom is -0.493 e. The van der Waals surface area contributed by atoms with Crippen LogP contribution in [-0.4, -0.2) is 56.2 Å². The van der Waals surface area contributed by atoms with Gasteiger partial charge in [0, 0.05) is 19.7 Å². The number of benzene rings is 2. The van der Waals surface area contributed by atoms with E-state index < -0.39 is 11.8 Å². The Morgan fingerprint density at radius 3 is 2.21 bits per heavy atom. The van der Waals surface area contributed by atoms with Crippen LogP contribution in [-0.2, 0) is 9.59 Å². The number of carbonyl (C=O) groups is 2. The standard InChI is InChI=1S/C22H24N2O5/c1-14-5-7-15(8-6-14)19-20(23(2)11-12-25)22(27)24(21(19)26)16-9-10-17(28-3)18(13-16)29-4/h5-10,13,25H,11-12H2,1-4H3. The molecule has 152 valence electrons. The SMILES string of the molecule is COc1ccc(N2C(=O)C(c3ccc(C)cc3)=C(N(C)CCO)C2=O)cc1OC. The van der Waals surface area contributed by atoms with Crippen LogP contribution in [0.2, 0.25) is 0 Å². The van der Waals surface area contributed by atoms with Crippen LogP contribution >= 0.6 is 0 Å². The van der Waals surface area contributed by atoms with Gasteiger partial charge in [0.15, 0.2) is 11.5 Å². The quantitative estimate of drug-likeness (QED) is 0.723. The van der Waals surface area contributed by atoms with Crippen LogP contribution in [0.15, 0.2) is 48.2 Å². The van der Waals surface area contributed by atoms with E-state index in [1.807, 2.05) is 31.2 Å². The van der Waals surface area contributed by atoms with Crippen molar-refractivity contribution in [2.75, 3.05) is 39.3 Å². The molecule has 0 atom stereocenters. The predicted molar refractivity (Wildman–Crippen MR) is 110 cm³/mol. The molecular weight excluding hydrogens is 372 g/mol. The molecule has 0 unspecified atom stereocenters. The van der Waals surface area contributed by atoms with Crippen molar-refractivity contribution in [3.8, 4) is 11.5 Å². The average molecular weight is 396 g/mol. The van der Waals surface area contributed by atoms with Crippen molar-refractivity contribution >= 4 is 23.1 Å². The fourth-order valence-electron chi connectivity index (χ4n) is 3.31. The second kappa shape index (κ2) is 8.36. The first-order chi connectivity index (χ1) is 13.9. The van der Waals surface area contributed by atoms with E-state index in [1.54, 1.807) is 30.1 Å². The molecule has 2 aromatic carbocycles. The summed E-state index contributed by atoms with van der Waals surface area (Å²) in [4.78, 5) is 29.4. The molecule has 1 aliphatic heterocycles. The Hall–Kier alpha value is -3.32. The van der Waals surface area contributed by atoms with E-state index in [1.165, 1.54) is 14.2 Å². The Kier molecular flexibility index (Phi) is 5.89. The highest BCUT2D eigenvalue weighted by molar-refractivity contribution is 6.45. The van der Waals surface area contributed by atoms with E-state index in [4.69, 9.17) is 9.47 Å². The molecule has 0 aromatic heterocycles. The van der Waals surface area contributed by atoms with Gasteiger partial charge in [-0.1, -0.05) is 29.8 Å². The van der Waals surface area contributed by atoms with Crippen molar-refractivity contribution in [3.63, 3.8) is 0 Å². The molecule has 7 nitrogen and oxygen atoms in total. The first-order valence-corrected chi connectivity index (χ1v) is 9.17. The smallest absolute Gasteiger partial charge is 0.282 e. The molecule has 2 aromatic rings. The summed E-state index contributed by atoms with van der Waals surface area (Å²) in [6, 6.07) is 12.3. The first kappa shape index (κ1) is 20.4. The Labute approximate surface area is 169 Å². The summed E-state index contributed by atoms with van der Waals surface area (Å²) >= 11 is 0. The van der Waals surface area contributed by atoms with Crippen LogP contribution < -0.4 is 14.4 Å². The van der Waals surface area contributed by atoms with Crippen LogP contribution in [0.3, 0.4) is 0 Å². The van der Waals surface area contributed by atoms with Gasteiger partial charge in [-0.3, -0.25) is 9.59 Å². The van der Waals surface area contributed by atoms with Gasteiger partial charge in [-0.05, 0) is 24.6 Å². The number of aryl methyl sites for hydroxylation is 1. The molecule has 0 saturated carbocycles. The number of carbonyl (C=O) groups excluding carboxylic acids is 2. The maximum Gasteiger partial charge on any atom is 0.282 e. The summed E-state index contributed by atoms with van der Waals surface area (Å²) < 4.78 is 10.6. The fraction of sp³-hybridized carbons (Fsp3) is 0.273. The number of imide groups is 1. The number of rotatable bonds is 7. The molecule has 1 heterocycles. The molecule has 0 fully saturated rings. The minimum atomic E-state index is -0.450. The lowest BCUT2D eigenvalue weighted by Crippen LogP contribution is -2.34. The van der Waals surface area contributed by atoms with E-state index in [2.05, 4.69) is 0 Å². The lowest BCUT2D eigenvalue weighted by Gasteiger charge is -2.21. The van der Waals surface area contributed by atoms with Gasteiger partial charge in [-0.25, -0.2) is 4.90 Å². The van der Waals surface area contributed by atoms with Crippen LogP contribution in [0.1, 0.15) is 11.1 Å². The van der Waals surface area contributed by atoms with Gasteiger partial charge in [0.2, 0.25) is 0 Å². The average Bonchev–Trinajstić information content (AvgIpc) is 2.98. The summed E-state index contributed by atoms with van der Waals surface area (Å²) in [5.74, 6) is 0.0407. The van der Waals surface area contributed by atoms with Crippen LogP contribution in [0.4, 0.5) is 5.69 Å². The predicted octanol–water partition coefficient (Wildman–Crippen LogP) is 2.22. The number of ether oxygens (including phenoxy) is 2. The molecule has 2 amide bonds. The molecule has 1 aliphatic rings. The Balaban J connectivity index is 2.11. The van der Waals surface area contributed by atoms with Gasteiger partial charge < -0.3 is 19.5 Å². The summed E-state index contributed by atoms with van der Waals surface area (Å²) in [5, 5.41) is 9.35. The fourth-order valence-corrected chi connectivity index (χ4v) is 3.31. The van der Waals surface area contributed by atoms with Gasteiger partial charge in [0.25, 0.3) is 11.8 Å². The Morgan fingerprint density at radius 1 is 0.966 bits per heavy atom. The number of likely N-dealkylation sites (N-methyl/N-ethyl adjacent to an activating group) is 1. The van der Waals surface area contributed by atoms with Crippen molar-refractivity contribution in [2.45, 2.75) is 6.92 Å². The van der Waals surface area contributed by atoms with Crippen LogP contribution in [0.25, 0.3) is 5.57 Å². The van der Waals surface area contributed by atoms with Crippen molar-refractivity contribution in [3.05, 3.63) is 59.3 Å². The Bertz CT molecular complexity index is 966. The Morgan fingerprint density at radius 2 is 1.62 bits per heavy atom. The maximum atomic E-state index is 13.4. The molecule has 0 saturated heterocycles. The van der Waals surface area contributed by atoms with Gasteiger partial charge in [-0.15, -0.1) is 0 Å². The molecule has 29 heavy (non-hydrogen) atoms. The highest BCUT2D eigenvalue weighted by atomic mass is 16.5. The van der Waals surface area contributed by atoms with E-state index in [0.717, 1.165) is 10.5 Å². The first-order valence-electron chi connectivity index (χ1n) is 9.17. The number of aliphatic hydroxyl groups excluding tert-OH is 1. The third kappa shape index (κ3) is 3.69. The third-order valence-electron chi connectivity index (χ3n) is 4.84. The van der Waals surface area contributed by atoms with E-state index >= 15 is 0 Å². The number of amides is 2. The largest absolute Gasteiger partial charge is 0.493 e. The molecule has 7 heteroatoms. The summed E-state index contributed by atoms with van der Waals surface area (Å²) in [6.07, 6.45) is 0. The summed E-state index contributed by atoms with van der Waals surface area (Å²) in [7, 11) is 4.69. The normalized spacial score (nSPS) is 13.9. The van der Waals surface area contributed by atoms with Gasteiger partial charge >= 0.3 is 0 Å². The zero-order valence-electron chi connectivity index (χ0n) is 16.9. The molecular formula is C22H24N2O5. The van der Waals surface area contributed by atoms with Gasteiger partial charge in [-0.2, -0.15) is 0 Å². The second-order valence-corrected chi connectivity index (χ2v) is 6.72. The van der Waals surface area contributed by atoms with Crippen LogP contribution in [0, 0.1) is 6.92 Å². The molecule has 3 rings (SSSR count). The number of aliphatic hydroxyl groups is 1. The van der Waals surface area contributed by atoms with Gasteiger partial charge in [0.05, 0.1) is 32.1 Å². The summed E-state index contributed by atoms with van der Waals surface area (Å²) in [5.41, 5.74) is 2.64. The topological polar surface area (TPSA) is 79.3 Å². The van der Waals surface area contributed by atoms with E-state index in [-0.39, 0.29) is 18.8 Å². The number of methoxy groups -OCH3 is 2. The molecule has 0 radical (unpaired) electrons. The second-order valence-electron chi connectivity index (χ2n) is 6.72. The minimum absolute atomic E-state index is 0.140. The highest BCUT2D eigenvalue weighted by Gasteiger charge is 2.41. The van der Waals surface area contributed by atoms with Crippen molar-refractivity contribution in [2.24, 2.45) is 0 Å². The lowest BCUT2D eigenvalue weighted by atomic mass is 10.0. The van der Waals surface area contributed by atoms with Crippen LogP contribution in [0.5, 0.6) is 11.5 Å².